The van der Waals surface area contributed by atoms with E-state index in [1.54, 1.807) is 0 Å². The number of hydrogen-bond acceptors (Lipinski definition) is 3. The van der Waals surface area contributed by atoms with Gasteiger partial charge >= 0.3 is 0 Å². The summed E-state index contributed by atoms with van der Waals surface area (Å²) in [7, 11) is 0. The van der Waals surface area contributed by atoms with Crippen LogP contribution in [0.25, 0.3) is 0 Å². The van der Waals surface area contributed by atoms with E-state index in [2.05, 4.69) is 10.4 Å². The van der Waals surface area contributed by atoms with Gasteiger partial charge in [-0.1, -0.05) is 0 Å². The van der Waals surface area contributed by atoms with Crippen molar-refractivity contribution in [2.45, 2.75) is 19.4 Å². The second-order valence-electron chi connectivity index (χ2n) is 3.06. The molecule has 4 nitrogen and oxygen atoms in total. The van der Waals surface area contributed by atoms with Crippen molar-refractivity contribution in [2.75, 3.05) is 18.4 Å². The molecular weight excluding hydrogens is 223 g/mol. The van der Waals surface area contributed by atoms with E-state index in [0.717, 1.165) is 25.9 Å². The minimum Gasteiger partial charge on any atom is -0.370 e. The van der Waals surface area contributed by atoms with Gasteiger partial charge in [-0.2, -0.15) is 5.10 Å². The van der Waals surface area contributed by atoms with Gasteiger partial charge in [-0.15, -0.1) is 24.8 Å². The van der Waals surface area contributed by atoms with Gasteiger partial charge in [-0.3, -0.25) is 0 Å². The molecule has 14 heavy (non-hydrogen) atoms. The lowest BCUT2D eigenvalue weighted by Crippen LogP contribution is -2.18. The van der Waals surface area contributed by atoms with Crippen LogP contribution in [0.1, 0.15) is 12.0 Å². The third-order valence-electron chi connectivity index (χ3n) is 2.17. The topological polar surface area (TPSA) is 55.9 Å². The summed E-state index contributed by atoms with van der Waals surface area (Å²) in [6, 6.07) is 0. The van der Waals surface area contributed by atoms with Crippen LogP contribution >= 0.6 is 24.8 Å². The van der Waals surface area contributed by atoms with Gasteiger partial charge < -0.3 is 11.1 Å². The molecule has 0 aromatic carbocycles. The molecule has 0 bridgehead atoms. The standard InChI is InChI=1S/C8H14N4.2ClH/c9-3-2-7-6-11-12-5-1-4-10-8(7)12;;/h6,10H,1-5,9H2;2*1H. The van der Waals surface area contributed by atoms with Crippen LogP contribution in [0.2, 0.25) is 0 Å². The molecule has 2 rings (SSSR count). The molecule has 0 amide bonds. The molecule has 82 valence electrons. The Hall–Kier alpha value is -0.450. The lowest BCUT2D eigenvalue weighted by atomic mass is 10.2. The fourth-order valence-electron chi connectivity index (χ4n) is 1.57. The van der Waals surface area contributed by atoms with Crippen molar-refractivity contribution in [2.24, 2.45) is 5.73 Å². The van der Waals surface area contributed by atoms with E-state index >= 15 is 0 Å². The van der Waals surface area contributed by atoms with E-state index in [1.807, 2.05) is 10.9 Å². The first kappa shape index (κ1) is 13.5. The Morgan fingerprint density at radius 2 is 2.29 bits per heavy atom. The summed E-state index contributed by atoms with van der Waals surface area (Å²) in [4.78, 5) is 0. The molecule has 1 aromatic heterocycles. The van der Waals surface area contributed by atoms with E-state index in [-0.39, 0.29) is 24.8 Å². The van der Waals surface area contributed by atoms with Crippen LogP contribution in [-0.2, 0) is 13.0 Å². The number of aryl methyl sites for hydroxylation is 1. The molecular formula is C8H16Cl2N4. The van der Waals surface area contributed by atoms with Gasteiger partial charge in [-0.25, -0.2) is 4.68 Å². The summed E-state index contributed by atoms with van der Waals surface area (Å²) in [6.07, 6.45) is 4.00. The van der Waals surface area contributed by atoms with Gasteiger partial charge in [0, 0.05) is 18.7 Å². The number of anilines is 1. The highest BCUT2D eigenvalue weighted by molar-refractivity contribution is 5.85. The molecule has 0 radical (unpaired) electrons. The largest absolute Gasteiger partial charge is 0.370 e. The fourth-order valence-corrected chi connectivity index (χ4v) is 1.57. The van der Waals surface area contributed by atoms with Crippen LogP contribution in [0.5, 0.6) is 0 Å². The highest BCUT2D eigenvalue weighted by atomic mass is 35.5. The molecule has 0 saturated heterocycles. The number of rotatable bonds is 2. The minimum atomic E-state index is 0. The zero-order valence-corrected chi connectivity index (χ0v) is 9.53. The quantitative estimate of drug-likeness (QED) is 0.810. The summed E-state index contributed by atoms with van der Waals surface area (Å²) < 4.78 is 2.02. The minimum absolute atomic E-state index is 0. The van der Waals surface area contributed by atoms with Crippen molar-refractivity contribution < 1.29 is 0 Å². The third-order valence-corrected chi connectivity index (χ3v) is 2.17. The maximum Gasteiger partial charge on any atom is 0.127 e. The van der Waals surface area contributed by atoms with Crippen molar-refractivity contribution in [1.29, 1.82) is 0 Å². The predicted molar refractivity (Wildman–Crippen MR) is 62.6 cm³/mol. The molecule has 3 N–H and O–H groups in total. The van der Waals surface area contributed by atoms with Gasteiger partial charge in [0.1, 0.15) is 5.82 Å². The molecule has 6 heteroatoms. The highest BCUT2D eigenvalue weighted by Crippen LogP contribution is 2.18. The predicted octanol–water partition coefficient (Wildman–Crippen LogP) is 1.04. The maximum atomic E-state index is 5.49. The number of nitrogens with zero attached hydrogens (tertiary/aromatic N) is 2. The number of nitrogens with one attached hydrogen (secondary N) is 1. The average molecular weight is 239 g/mol. The number of hydrogen-bond donors (Lipinski definition) is 2. The summed E-state index contributed by atoms with van der Waals surface area (Å²) in [5.74, 6) is 1.17. The van der Waals surface area contributed by atoms with Gasteiger partial charge in [0.25, 0.3) is 0 Å². The van der Waals surface area contributed by atoms with Crippen molar-refractivity contribution in [1.82, 2.24) is 9.78 Å². The molecule has 2 heterocycles. The Kier molecular flexibility index (Phi) is 5.92. The van der Waals surface area contributed by atoms with E-state index in [1.165, 1.54) is 11.4 Å². The number of aromatic nitrogens is 2. The molecule has 0 unspecified atom stereocenters. The highest BCUT2D eigenvalue weighted by Gasteiger charge is 2.12. The van der Waals surface area contributed by atoms with E-state index in [0.29, 0.717) is 6.54 Å². The molecule has 0 aliphatic carbocycles. The third kappa shape index (κ3) is 2.53. The normalized spacial score (nSPS) is 13.2. The summed E-state index contributed by atoms with van der Waals surface area (Å²) in [5, 5.41) is 7.61. The summed E-state index contributed by atoms with van der Waals surface area (Å²) in [5.41, 5.74) is 6.74. The number of fused-ring (bicyclic) bond motifs is 1. The smallest absolute Gasteiger partial charge is 0.127 e. The Morgan fingerprint density at radius 1 is 1.50 bits per heavy atom. The first-order valence-corrected chi connectivity index (χ1v) is 4.40. The molecule has 1 aromatic rings. The number of nitrogens with two attached hydrogens (primary N) is 1. The van der Waals surface area contributed by atoms with Crippen LogP contribution in [0.3, 0.4) is 0 Å². The molecule has 0 spiro atoms. The van der Waals surface area contributed by atoms with E-state index in [4.69, 9.17) is 5.73 Å². The van der Waals surface area contributed by atoms with Crippen LogP contribution in [-0.4, -0.2) is 22.9 Å². The van der Waals surface area contributed by atoms with Crippen LogP contribution in [0, 0.1) is 0 Å². The summed E-state index contributed by atoms with van der Waals surface area (Å²) in [6.45, 7) is 2.79. The molecule has 1 aliphatic heterocycles. The van der Waals surface area contributed by atoms with Crippen LogP contribution < -0.4 is 11.1 Å². The summed E-state index contributed by atoms with van der Waals surface area (Å²) >= 11 is 0. The van der Waals surface area contributed by atoms with Gasteiger partial charge in [0.2, 0.25) is 0 Å². The van der Waals surface area contributed by atoms with E-state index in [9.17, 15) is 0 Å². The first-order chi connectivity index (χ1) is 5.92. The Labute approximate surface area is 96.1 Å². The zero-order valence-electron chi connectivity index (χ0n) is 7.90. The van der Waals surface area contributed by atoms with Crippen molar-refractivity contribution >= 4 is 30.6 Å². The number of halogens is 2. The molecule has 0 fully saturated rings. The molecule has 0 atom stereocenters. The average Bonchev–Trinajstić information content (AvgIpc) is 2.50. The fraction of sp³-hybridized carbons (Fsp3) is 0.625. The molecule has 1 aliphatic rings. The lowest BCUT2D eigenvalue weighted by molar-refractivity contribution is 0.567. The molecule has 0 saturated carbocycles. The maximum absolute atomic E-state index is 5.49. The van der Waals surface area contributed by atoms with Crippen LogP contribution in [0.15, 0.2) is 6.20 Å². The Bertz CT molecular complexity index is 274. The second kappa shape index (κ2) is 6.11. The zero-order chi connectivity index (χ0) is 8.39. The SMILES string of the molecule is Cl.Cl.NCCc1cnn2c1NCCC2. The van der Waals surface area contributed by atoms with Crippen molar-refractivity contribution in [3.8, 4) is 0 Å². The Balaban J connectivity index is 0.000000845. The first-order valence-electron chi connectivity index (χ1n) is 4.40. The monoisotopic (exact) mass is 238 g/mol. The van der Waals surface area contributed by atoms with Crippen LogP contribution in [0.4, 0.5) is 5.82 Å². The van der Waals surface area contributed by atoms with Crippen molar-refractivity contribution in [3.05, 3.63) is 11.8 Å². The van der Waals surface area contributed by atoms with E-state index < -0.39 is 0 Å². The van der Waals surface area contributed by atoms with Gasteiger partial charge in [0.05, 0.1) is 6.20 Å². The van der Waals surface area contributed by atoms with Gasteiger partial charge in [-0.05, 0) is 19.4 Å². The van der Waals surface area contributed by atoms with Crippen molar-refractivity contribution in [3.63, 3.8) is 0 Å². The van der Waals surface area contributed by atoms with Gasteiger partial charge in [0.15, 0.2) is 0 Å². The lowest BCUT2D eigenvalue weighted by Gasteiger charge is -2.16. The Morgan fingerprint density at radius 3 is 3.00 bits per heavy atom. The second-order valence-corrected chi connectivity index (χ2v) is 3.06.